The lowest BCUT2D eigenvalue weighted by atomic mass is 10.2. The van der Waals surface area contributed by atoms with Crippen LogP contribution in [0, 0.1) is 0 Å². The lowest BCUT2D eigenvalue weighted by Gasteiger charge is -2.11. The van der Waals surface area contributed by atoms with E-state index in [9.17, 15) is 0 Å². The average molecular weight is 444 g/mol. The summed E-state index contributed by atoms with van der Waals surface area (Å²) in [5, 5.41) is 10.7. The average Bonchev–Trinajstić information content (AvgIpc) is 3.11. The van der Waals surface area contributed by atoms with Gasteiger partial charge < -0.3 is 15.4 Å². The number of hydrogen-bond acceptors (Lipinski definition) is 4. The molecule has 2 rings (SSSR count). The maximum absolute atomic E-state index is 5.05. The van der Waals surface area contributed by atoms with E-state index in [0.717, 1.165) is 43.5 Å². The molecule has 0 unspecified atom stereocenters. The van der Waals surface area contributed by atoms with Gasteiger partial charge in [-0.2, -0.15) is 5.10 Å². The number of methoxy groups -OCH3 is 1. The first kappa shape index (κ1) is 20.4. The fourth-order valence-electron chi connectivity index (χ4n) is 2.02. The second-order valence-electron chi connectivity index (χ2n) is 4.94. The van der Waals surface area contributed by atoms with Gasteiger partial charge in [-0.05, 0) is 37.1 Å². The Bertz CT molecular complexity index is 602. The fourth-order valence-corrected chi connectivity index (χ4v) is 2.02. The minimum atomic E-state index is 0. The predicted octanol–water partition coefficient (Wildman–Crippen LogP) is 1.98. The van der Waals surface area contributed by atoms with Crippen molar-refractivity contribution in [3.63, 3.8) is 0 Å². The highest BCUT2D eigenvalue weighted by Crippen LogP contribution is 2.07. The largest absolute Gasteiger partial charge is 0.385 e. The minimum Gasteiger partial charge on any atom is -0.385 e. The number of hydrogen-bond donors (Lipinski definition) is 2. The van der Waals surface area contributed by atoms with E-state index in [4.69, 9.17) is 4.74 Å². The van der Waals surface area contributed by atoms with Crippen LogP contribution in [-0.2, 0) is 11.3 Å². The van der Waals surface area contributed by atoms with Crippen molar-refractivity contribution in [3.05, 3.63) is 42.4 Å². The molecular formula is C16H25IN6O. The standard InChI is InChI=1S/C16H24N6O.HI/c1-3-17-16(19-7-5-11-23-2)20-13-14-6-9-18-15(12-14)22-10-4-8-21-22;/h4,6,8-10,12H,3,5,7,11,13H2,1-2H3,(H2,17,19,20);1H. The Morgan fingerprint density at radius 1 is 1.33 bits per heavy atom. The summed E-state index contributed by atoms with van der Waals surface area (Å²) in [4.78, 5) is 8.92. The van der Waals surface area contributed by atoms with E-state index in [-0.39, 0.29) is 24.0 Å². The summed E-state index contributed by atoms with van der Waals surface area (Å²) in [5.41, 5.74) is 1.08. The molecule has 132 valence electrons. The van der Waals surface area contributed by atoms with Crippen LogP contribution in [0.4, 0.5) is 0 Å². The zero-order valence-electron chi connectivity index (χ0n) is 14.1. The van der Waals surface area contributed by atoms with Gasteiger partial charge in [0.25, 0.3) is 0 Å². The molecule has 0 aliphatic rings. The van der Waals surface area contributed by atoms with Gasteiger partial charge in [-0.1, -0.05) is 0 Å². The molecule has 24 heavy (non-hydrogen) atoms. The predicted molar refractivity (Wildman–Crippen MR) is 106 cm³/mol. The highest BCUT2D eigenvalue weighted by atomic mass is 127. The number of aromatic nitrogens is 3. The Balaban J connectivity index is 0.00000288. The van der Waals surface area contributed by atoms with Crippen LogP contribution in [0.5, 0.6) is 0 Å². The Kier molecular flexibility index (Phi) is 10.0. The van der Waals surface area contributed by atoms with E-state index < -0.39 is 0 Å². The Morgan fingerprint density at radius 3 is 2.92 bits per heavy atom. The molecule has 0 atom stereocenters. The molecule has 0 aliphatic carbocycles. The van der Waals surface area contributed by atoms with Crippen molar-refractivity contribution < 1.29 is 4.74 Å². The van der Waals surface area contributed by atoms with Crippen molar-refractivity contribution in [3.8, 4) is 5.82 Å². The number of rotatable bonds is 8. The number of nitrogens with one attached hydrogen (secondary N) is 2. The van der Waals surface area contributed by atoms with Crippen molar-refractivity contribution in [2.24, 2.45) is 4.99 Å². The van der Waals surface area contributed by atoms with Gasteiger partial charge >= 0.3 is 0 Å². The second kappa shape index (κ2) is 11.8. The number of ether oxygens (including phenoxy) is 1. The van der Waals surface area contributed by atoms with Crippen LogP contribution >= 0.6 is 24.0 Å². The fraction of sp³-hybridized carbons (Fsp3) is 0.438. The molecule has 2 heterocycles. The Hall–Kier alpha value is -1.68. The lowest BCUT2D eigenvalue weighted by molar-refractivity contribution is 0.195. The first-order chi connectivity index (χ1) is 11.3. The molecule has 0 aliphatic heterocycles. The number of guanidine groups is 1. The van der Waals surface area contributed by atoms with Crippen LogP contribution in [0.2, 0.25) is 0 Å². The molecule has 0 fully saturated rings. The minimum absolute atomic E-state index is 0. The molecule has 8 heteroatoms. The molecule has 0 radical (unpaired) electrons. The van der Waals surface area contributed by atoms with Crippen LogP contribution in [0.3, 0.4) is 0 Å². The summed E-state index contributed by atoms with van der Waals surface area (Å²) in [6.07, 6.45) is 6.33. The van der Waals surface area contributed by atoms with Crippen LogP contribution in [0.25, 0.3) is 5.82 Å². The number of aliphatic imine (C=N–C) groups is 1. The number of pyridine rings is 1. The highest BCUT2D eigenvalue weighted by molar-refractivity contribution is 14.0. The molecule has 0 aromatic carbocycles. The first-order valence-corrected chi connectivity index (χ1v) is 7.79. The van der Waals surface area contributed by atoms with Crippen molar-refractivity contribution in [2.45, 2.75) is 19.9 Å². The summed E-state index contributed by atoms with van der Waals surface area (Å²) in [5.74, 6) is 1.60. The Morgan fingerprint density at radius 2 is 2.21 bits per heavy atom. The molecule has 0 saturated heterocycles. The molecule has 7 nitrogen and oxygen atoms in total. The van der Waals surface area contributed by atoms with Crippen LogP contribution in [0.1, 0.15) is 18.9 Å². The molecular weight excluding hydrogens is 419 g/mol. The third kappa shape index (κ3) is 6.83. The smallest absolute Gasteiger partial charge is 0.191 e. The topological polar surface area (TPSA) is 76.4 Å². The summed E-state index contributed by atoms with van der Waals surface area (Å²) in [6, 6.07) is 5.83. The molecule has 0 bridgehead atoms. The van der Waals surface area contributed by atoms with Crippen molar-refractivity contribution in [1.29, 1.82) is 0 Å². The van der Waals surface area contributed by atoms with Gasteiger partial charge in [-0.3, -0.25) is 0 Å². The van der Waals surface area contributed by atoms with E-state index in [0.29, 0.717) is 6.54 Å². The molecule has 2 aromatic rings. The molecule has 2 N–H and O–H groups in total. The quantitative estimate of drug-likeness (QED) is 0.282. The number of nitrogens with zero attached hydrogens (tertiary/aromatic N) is 4. The zero-order chi connectivity index (χ0) is 16.3. The maximum Gasteiger partial charge on any atom is 0.191 e. The summed E-state index contributed by atoms with van der Waals surface area (Å²) < 4.78 is 6.78. The molecule has 0 amide bonds. The molecule has 2 aromatic heterocycles. The summed E-state index contributed by atoms with van der Waals surface area (Å²) in [6.45, 7) is 5.02. The van der Waals surface area contributed by atoms with Crippen LogP contribution < -0.4 is 10.6 Å². The highest BCUT2D eigenvalue weighted by Gasteiger charge is 2.01. The third-order valence-corrected chi connectivity index (χ3v) is 3.13. The van der Waals surface area contributed by atoms with E-state index in [1.54, 1.807) is 24.2 Å². The summed E-state index contributed by atoms with van der Waals surface area (Å²) in [7, 11) is 1.71. The lowest BCUT2D eigenvalue weighted by Crippen LogP contribution is -2.38. The van der Waals surface area contributed by atoms with Gasteiger partial charge in [0.05, 0.1) is 6.54 Å². The SMILES string of the molecule is CCNC(=NCc1ccnc(-n2cccn2)c1)NCCCOC.I. The monoisotopic (exact) mass is 444 g/mol. The third-order valence-electron chi connectivity index (χ3n) is 3.13. The van der Waals surface area contributed by atoms with Gasteiger partial charge in [0.2, 0.25) is 0 Å². The molecule has 0 saturated carbocycles. The van der Waals surface area contributed by atoms with Crippen LogP contribution in [0.15, 0.2) is 41.8 Å². The normalized spacial score (nSPS) is 11.0. The van der Waals surface area contributed by atoms with E-state index >= 15 is 0 Å². The van der Waals surface area contributed by atoms with E-state index in [1.807, 2.05) is 24.4 Å². The van der Waals surface area contributed by atoms with Gasteiger partial charge in [0, 0.05) is 45.4 Å². The molecule has 0 spiro atoms. The van der Waals surface area contributed by atoms with Gasteiger partial charge in [-0.15, -0.1) is 24.0 Å². The van der Waals surface area contributed by atoms with E-state index in [2.05, 4.69) is 32.6 Å². The number of halogens is 1. The van der Waals surface area contributed by atoms with Gasteiger partial charge in [-0.25, -0.2) is 14.7 Å². The zero-order valence-corrected chi connectivity index (χ0v) is 16.4. The van der Waals surface area contributed by atoms with Crippen molar-refractivity contribution >= 4 is 29.9 Å². The van der Waals surface area contributed by atoms with Crippen molar-refractivity contribution in [1.82, 2.24) is 25.4 Å². The maximum atomic E-state index is 5.05. The van der Waals surface area contributed by atoms with Crippen molar-refractivity contribution in [2.75, 3.05) is 26.8 Å². The first-order valence-electron chi connectivity index (χ1n) is 7.79. The van der Waals surface area contributed by atoms with Crippen LogP contribution in [-0.4, -0.2) is 47.5 Å². The Labute approximate surface area is 159 Å². The van der Waals surface area contributed by atoms with Gasteiger partial charge in [0.15, 0.2) is 11.8 Å². The van der Waals surface area contributed by atoms with Gasteiger partial charge in [0.1, 0.15) is 0 Å². The van der Waals surface area contributed by atoms with E-state index in [1.165, 1.54) is 0 Å². The summed E-state index contributed by atoms with van der Waals surface area (Å²) >= 11 is 0. The second-order valence-corrected chi connectivity index (χ2v) is 4.94.